The number of ether oxygens (including phenoxy) is 1. The van der Waals surface area contributed by atoms with E-state index in [-0.39, 0.29) is 11.3 Å². The molecule has 0 radical (unpaired) electrons. The zero-order valence-corrected chi connectivity index (χ0v) is 14.7. The molecule has 26 heavy (non-hydrogen) atoms. The number of morpholine rings is 1. The van der Waals surface area contributed by atoms with Crippen LogP contribution >= 0.6 is 11.3 Å². The summed E-state index contributed by atoms with van der Waals surface area (Å²) in [7, 11) is 0. The van der Waals surface area contributed by atoms with E-state index in [4.69, 9.17) is 4.74 Å². The van der Waals surface area contributed by atoms with Crippen molar-refractivity contribution >= 4 is 32.6 Å². The fourth-order valence-electron chi connectivity index (χ4n) is 2.77. The summed E-state index contributed by atoms with van der Waals surface area (Å²) in [6.45, 7) is 4.30. The number of aromatic nitrogens is 3. The molecule has 1 amide bonds. The Morgan fingerprint density at radius 1 is 1.27 bits per heavy atom. The van der Waals surface area contributed by atoms with Gasteiger partial charge in [-0.2, -0.15) is 5.10 Å². The number of hydrogen-bond acceptors (Lipinski definition) is 7. The van der Waals surface area contributed by atoms with Gasteiger partial charge in [0.2, 0.25) is 0 Å². The molecule has 0 atom stereocenters. The van der Waals surface area contributed by atoms with Crippen molar-refractivity contribution < 1.29 is 9.53 Å². The summed E-state index contributed by atoms with van der Waals surface area (Å²) < 4.78 is 6.39. The second kappa shape index (κ2) is 7.32. The minimum Gasteiger partial charge on any atom is -0.379 e. The molecule has 1 fully saturated rings. The summed E-state index contributed by atoms with van der Waals surface area (Å²) in [4.78, 5) is 30.0. The lowest BCUT2D eigenvalue weighted by molar-refractivity contribution is 0.0342. The molecule has 134 valence electrons. The van der Waals surface area contributed by atoms with Crippen LogP contribution < -0.4 is 10.9 Å². The molecule has 2 N–H and O–H groups in total. The SMILES string of the molecule is O=C(Nc1nc2ccc(CN3CCOCC3)cc2s1)c1ccc(=O)[nH]n1. The maximum Gasteiger partial charge on any atom is 0.277 e. The van der Waals surface area contributed by atoms with Gasteiger partial charge in [0.1, 0.15) is 5.69 Å². The molecule has 1 aliphatic rings. The molecule has 4 rings (SSSR count). The number of aromatic amines is 1. The van der Waals surface area contributed by atoms with Gasteiger partial charge in [-0.15, -0.1) is 0 Å². The first kappa shape index (κ1) is 16.8. The van der Waals surface area contributed by atoms with E-state index in [2.05, 4.69) is 37.5 Å². The first-order valence-corrected chi connectivity index (χ1v) is 9.06. The number of hydrogen-bond donors (Lipinski definition) is 2. The number of amides is 1. The normalized spacial score (nSPS) is 15.2. The second-order valence-electron chi connectivity index (χ2n) is 5.97. The summed E-state index contributed by atoms with van der Waals surface area (Å²) in [5, 5.41) is 9.19. The van der Waals surface area contributed by atoms with E-state index in [1.165, 1.54) is 29.0 Å². The highest BCUT2D eigenvalue weighted by Gasteiger charge is 2.14. The van der Waals surface area contributed by atoms with E-state index < -0.39 is 5.91 Å². The van der Waals surface area contributed by atoms with Crippen LogP contribution in [0, 0.1) is 0 Å². The van der Waals surface area contributed by atoms with Crippen molar-refractivity contribution in [2.75, 3.05) is 31.6 Å². The minimum atomic E-state index is -0.408. The van der Waals surface area contributed by atoms with Crippen molar-refractivity contribution in [2.45, 2.75) is 6.54 Å². The van der Waals surface area contributed by atoms with Crippen molar-refractivity contribution in [2.24, 2.45) is 0 Å². The van der Waals surface area contributed by atoms with Crippen LogP contribution in [0.3, 0.4) is 0 Å². The van der Waals surface area contributed by atoms with Crippen LogP contribution in [0.2, 0.25) is 0 Å². The minimum absolute atomic E-state index is 0.136. The van der Waals surface area contributed by atoms with Gasteiger partial charge in [-0.25, -0.2) is 10.1 Å². The Kier molecular flexibility index (Phi) is 4.74. The van der Waals surface area contributed by atoms with Crippen LogP contribution in [-0.2, 0) is 11.3 Å². The van der Waals surface area contributed by atoms with Crippen LogP contribution in [-0.4, -0.2) is 52.3 Å². The second-order valence-corrected chi connectivity index (χ2v) is 7.00. The van der Waals surface area contributed by atoms with Gasteiger partial charge in [0.15, 0.2) is 5.13 Å². The van der Waals surface area contributed by atoms with Crippen molar-refractivity contribution in [3.8, 4) is 0 Å². The van der Waals surface area contributed by atoms with Crippen LogP contribution in [0.5, 0.6) is 0 Å². The largest absolute Gasteiger partial charge is 0.379 e. The number of H-pyrrole nitrogens is 1. The van der Waals surface area contributed by atoms with Crippen molar-refractivity contribution in [1.82, 2.24) is 20.1 Å². The van der Waals surface area contributed by atoms with E-state index in [1.807, 2.05) is 6.07 Å². The molecular formula is C17H17N5O3S. The molecular weight excluding hydrogens is 354 g/mol. The number of fused-ring (bicyclic) bond motifs is 1. The molecule has 0 unspecified atom stereocenters. The molecule has 0 bridgehead atoms. The first-order chi connectivity index (χ1) is 12.7. The Morgan fingerprint density at radius 2 is 2.12 bits per heavy atom. The average Bonchev–Trinajstić information content (AvgIpc) is 3.04. The summed E-state index contributed by atoms with van der Waals surface area (Å²) in [6.07, 6.45) is 0. The molecule has 8 nitrogen and oxygen atoms in total. The summed E-state index contributed by atoms with van der Waals surface area (Å²) >= 11 is 1.41. The van der Waals surface area contributed by atoms with E-state index in [9.17, 15) is 9.59 Å². The van der Waals surface area contributed by atoms with Gasteiger partial charge in [0, 0.05) is 25.7 Å². The van der Waals surface area contributed by atoms with Crippen LogP contribution in [0.4, 0.5) is 5.13 Å². The third kappa shape index (κ3) is 3.79. The number of thiazole rings is 1. The van der Waals surface area contributed by atoms with E-state index in [0.29, 0.717) is 5.13 Å². The lowest BCUT2D eigenvalue weighted by Crippen LogP contribution is -2.35. The predicted octanol–water partition coefficient (Wildman–Crippen LogP) is 1.46. The van der Waals surface area contributed by atoms with E-state index in [1.54, 1.807) is 0 Å². The number of benzene rings is 1. The first-order valence-electron chi connectivity index (χ1n) is 8.24. The van der Waals surface area contributed by atoms with Gasteiger partial charge in [-0.05, 0) is 23.8 Å². The highest BCUT2D eigenvalue weighted by molar-refractivity contribution is 7.22. The van der Waals surface area contributed by atoms with Crippen molar-refractivity contribution in [3.63, 3.8) is 0 Å². The Labute approximate surface area is 152 Å². The van der Waals surface area contributed by atoms with Gasteiger partial charge in [-0.1, -0.05) is 17.4 Å². The lowest BCUT2D eigenvalue weighted by Gasteiger charge is -2.26. The van der Waals surface area contributed by atoms with Gasteiger partial charge < -0.3 is 4.74 Å². The molecule has 1 aromatic carbocycles. The topological polar surface area (TPSA) is 100 Å². The van der Waals surface area contributed by atoms with Crippen LogP contribution in [0.15, 0.2) is 35.1 Å². The fourth-order valence-corrected chi connectivity index (χ4v) is 3.69. The number of carbonyl (C=O) groups excluding carboxylic acids is 1. The lowest BCUT2D eigenvalue weighted by atomic mass is 10.2. The molecule has 0 aliphatic carbocycles. The molecule has 2 aromatic heterocycles. The monoisotopic (exact) mass is 371 g/mol. The Balaban J connectivity index is 1.49. The fraction of sp³-hybridized carbons (Fsp3) is 0.294. The number of nitrogens with zero attached hydrogens (tertiary/aromatic N) is 3. The van der Waals surface area contributed by atoms with Gasteiger partial charge >= 0.3 is 0 Å². The molecule has 1 aliphatic heterocycles. The zero-order chi connectivity index (χ0) is 17.9. The molecule has 3 aromatic rings. The van der Waals surface area contributed by atoms with Crippen LogP contribution in [0.1, 0.15) is 16.1 Å². The molecule has 9 heteroatoms. The molecule has 0 spiro atoms. The summed E-state index contributed by atoms with van der Waals surface area (Å²) in [5.74, 6) is -0.408. The molecule has 0 saturated carbocycles. The number of carbonyl (C=O) groups is 1. The number of anilines is 1. The Bertz CT molecular complexity index is 973. The molecule has 1 saturated heterocycles. The maximum absolute atomic E-state index is 12.2. The average molecular weight is 371 g/mol. The van der Waals surface area contributed by atoms with Crippen LogP contribution in [0.25, 0.3) is 10.2 Å². The quantitative estimate of drug-likeness (QED) is 0.720. The highest BCUT2D eigenvalue weighted by Crippen LogP contribution is 2.27. The zero-order valence-electron chi connectivity index (χ0n) is 13.9. The third-order valence-electron chi connectivity index (χ3n) is 4.09. The van der Waals surface area contributed by atoms with Crippen molar-refractivity contribution in [1.29, 1.82) is 0 Å². The standard InChI is InChI=1S/C17H17N5O3S/c23-15-4-3-13(20-21-15)16(24)19-17-18-12-2-1-11(9-14(12)26-17)10-22-5-7-25-8-6-22/h1-4,9H,5-8,10H2,(H,21,23)(H,18,19,24). The van der Waals surface area contributed by atoms with Gasteiger partial charge in [-0.3, -0.25) is 19.8 Å². The van der Waals surface area contributed by atoms with E-state index in [0.717, 1.165) is 43.1 Å². The predicted molar refractivity (Wildman–Crippen MR) is 98.5 cm³/mol. The maximum atomic E-state index is 12.2. The Morgan fingerprint density at radius 3 is 2.88 bits per heavy atom. The molecule has 3 heterocycles. The third-order valence-corrected chi connectivity index (χ3v) is 5.03. The number of nitrogens with one attached hydrogen (secondary N) is 2. The van der Waals surface area contributed by atoms with Gasteiger partial charge in [0.05, 0.1) is 23.4 Å². The highest BCUT2D eigenvalue weighted by atomic mass is 32.1. The van der Waals surface area contributed by atoms with E-state index >= 15 is 0 Å². The van der Waals surface area contributed by atoms with Gasteiger partial charge in [0.25, 0.3) is 11.5 Å². The smallest absolute Gasteiger partial charge is 0.277 e. The number of rotatable bonds is 4. The van der Waals surface area contributed by atoms with Crippen molar-refractivity contribution in [3.05, 3.63) is 51.9 Å². The summed E-state index contributed by atoms with van der Waals surface area (Å²) in [5.41, 5.74) is 1.83. The Hall–Kier alpha value is -2.62. The summed E-state index contributed by atoms with van der Waals surface area (Å²) in [6, 6.07) is 8.78.